The van der Waals surface area contributed by atoms with E-state index in [4.69, 9.17) is 0 Å². The summed E-state index contributed by atoms with van der Waals surface area (Å²) in [5, 5.41) is 20.6. The lowest BCUT2D eigenvalue weighted by Gasteiger charge is -2.42. The fourth-order valence-corrected chi connectivity index (χ4v) is 5.90. The maximum atomic E-state index is 13.8. The number of aliphatic hydroxyl groups excluding tert-OH is 1. The highest BCUT2D eigenvalue weighted by atomic mass is 79.9. The number of urea groups is 1. The molecule has 3 N–H and O–H groups in total. The van der Waals surface area contributed by atoms with Crippen molar-refractivity contribution in [1.29, 1.82) is 0 Å². The number of aromatic nitrogens is 1. The smallest absolute Gasteiger partial charge is 0.328 e. The van der Waals surface area contributed by atoms with Crippen LogP contribution in [0.4, 0.5) is 4.79 Å². The molecule has 2 aliphatic heterocycles. The lowest BCUT2D eigenvalue weighted by Crippen LogP contribution is -2.53. The number of likely N-dealkylation sites (N-methyl/N-ethyl adjacent to an activating group) is 1. The molecule has 3 amide bonds. The van der Waals surface area contributed by atoms with Crippen molar-refractivity contribution in [1.82, 2.24) is 19.7 Å². The van der Waals surface area contributed by atoms with Crippen LogP contribution in [0.2, 0.25) is 0 Å². The number of aromatic hydroxyl groups is 1. The number of nitrogens with one attached hydrogen (secondary N) is 1. The molecule has 35 heavy (non-hydrogen) atoms. The number of nitrogens with zero attached hydrogens (tertiary/aromatic N) is 3. The van der Waals surface area contributed by atoms with Gasteiger partial charge < -0.3 is 15.2 Å². The SMILES string of the molecule is CCN(CCO)CCN1C(=O)N2C(c3cccc(O)c3)c3[nH]c4ccc(Br)cc4c3CC2(C)C1=O. The highest BCUT2D eigenvalue weighted by Gasteiger charge is 2.60. The van der Waals surface area contributed by atoms with E-state index in [0.717, 1.165) is 38.7 Å². The summed E-state index contributed by atoms with van der Waals surface area (Å²) in [4.78, 5) is 36.2. The molecule has 1 aromatic heterocycles. The van der Waals surface area contributed by atoms with Crippen LogP contribution in [0.15, 0.2) is 46.9 Å². The van der Waals surface area contributed by atoms with Crippen LogP contribution >= 0.6 is 15.9 Å². The summed E-state index contributed by atoms with van der Waals surface area (Å²) in [5.74, 6) is -0.115. The Morgan fingerprint density at radius 3 is 2.71 bits per heavy atom. The topological polar surface area (TPSA) is 100 Å². The summed E-state index contributed by atoms with van der Waals surface area (Å²) in [6.07, 6.45) is 0.392. The van der Waals surface area contributed by atoms with Crippen LogP contribution in [-0.2, 0) is 11.2 Å². The van der Waals surface area contributed by atoms with E-state index in [2.05, 4.69) is 20.9 Å². The third-order valence-electron chi connectivity index (χ3n) is 7.32. The second-order valence-electron chi connectivity index (χ2n) is 9.42. The van der Waals surface area contributed by atoms with Gasteiger partial charge in [0.15, 0.2) is 0 Å². The van der Waals surface area contributed by atoms with Crippen molar-refractivity contribution >= 4 is 38.8 Å². The summed E-state index contributed by atoms with van der Waals surface area (Å²) in [5.41, 5.74) is 2.48. The van der Waals surface area contributed by atoms with Gasteiger partial charge in [-0.3, -0.25) is 19.5 Å². The summed E-state index contributed by atoms with van der Waals surface area (Å²) in [6.45, 7) is 5.81. The summed E-state index contributed by atoms with van der Waals surface area (Å²) in [6, 6.07) is 12.0. The largest absolute Gasteiger partial charge is 0.508 e. The lowest BCUT2D eigenvalue weighted by atomic mass is 9.81. The van der Waals surface area contributed by atoms with Crippen molar-refractivity contribution in [2.24, 2.45) is 0 Å². The fraction of sp³-hybridized carbons (Fsp3) is 0.385. The first kappa shape index (κ1) is 23.8. The maximum Gasteiger partial charge on any atom is 0.328 e. The van der Waals surface area contributed by atoms with Crippen molar-refractivity contribution in [3.8, 4) is 5.75 Å². The average Bonchev–Trinajstić information content (AvgIpc) is 3.27. The number of benzene rings is 2. The van der Waals surface area contributed by atoms with Gasteiger partial charge in [0.1, 0.15) is 17.3 Å². The molecule has 3 heterocycles. The van der Waals surface area contributed by atoms with Crippen molar-refractivity contribution < 1.29 is 19.8 Å². The minimum atomic E-state index is -1.06. The van der Waals surface area contributed by atoms with Gasteiger partial charge in [0, 0.05) is 47.1 Å². The Morgan fingerprint density at radius 1 is 1.20 bits per heavy atom. The Hall–Kier alpha value is -2.88. The number of phenols is 1. The molecule has 1 fully saturated rings. The highest BCUT2D eigenvalue weighted by molar-refractivity contribution is 9.10. The number of hydrogen-bond donors (Lipinski definition) is 3. The summed E-state index contributed by atoms with van der Waals surface area (Å²) >= 11 is 3.56. The van der Waals surface area contributed by atoms with Gasteiger partial charge in [-0.2, -0.15) is 0 Å². The zero-order valence-corrected chi connectivity index (χ0v) is 21.4. The van der Waals surface area contributed by atoms with Crippen LogP contribution in [0.5, 0.6) is 5.75 Å². The van der Waals surface area contributed by atoms with Crippen LogP contribution in [0.1, 0.15) is 36.7 Å². The molecule has 8 nitrogen and oxygen atoms in total. The molecule has 9 heteroatoms. The first-order chi connectivity index (χ1) is 16.8. The van der Waals surface area contributed by atoms with Crippen molar-refractivity contribution in [2.75, 3.05) is 32.8 Å². The molecule has 0 saturated carbocycles. The molecule has 3 aromatic rings. The van der Waals surface area contributed by atoms with E-state index in [1.807, 2.05) is 43.0 Å². The summed E-state index contributed by atoms with van der Waals surface area (Å²) in [7, 11) is 0. The lowest BCUT2D eigenvalue weighted by molar-refractivity contribution is -0.133. The van der Waals surface area contributed by atoms with Gasteiger partial charge in [-0.25, -0.2) is 4.79 Å². The second-order valence-corrected chi connectivity index (χ2v) is 10.3. The van der Waals surface area contributed by atoms with Crippen LogP contribution in [0.3, 0.4) is 0 Å². The molecule has 1 saturated heterocycles. The number of aromatic amines is 1. The predicted octanol–water partition coefficient (Wildman–Crippen LogP) is 3.62. The normalized spacial score (nSPS) is 21.8. The number of H-pyrrole nitrogens is 1. The van der Waals surface area contributed by atoms with E-state index in [-0.39, 0.29) is 30.8 Å². The van der Waals surface area contributed by atoms with Crippen LogP contribution < -0.4 is 0 Å². The number of imide groups is 1. The van der Waals surface area contributed by atoms with Crippen molar-refractivity contribution in [3.05, 3.63) is 63.8 Å². The monoisotopic (exact) mass is 540 g/mol. The summed E-state index contributed by atoms with van der Waals surface area (Å²) < 4.78 is 0.937. The molecule has 0 aliphatic carbocycles. The van der Waals surface area contributed by atoms with Crippen molar-refractivity contribution in [2.45, 2.75) is 31.8 Å². The molecule has 0 spiro atoms. The number of fused-ring (bicyclic) bond motifs is 4. The molecule has 0 radical (unpaired) electrons. The Balaban J connectivity index is 1.62. The van der Waals surface area contributed by atoms with Crippen LogP contribution in [-0.4, -0.2) is 80.2 Å². The van der Waals surface area contributed by atoms with Gasteiger partial charge >= 0.3 is 6.03 Å². The molecule has 2 atom stereocenters. The Labute approximate surface area is 212 Å². The van der Waals surface area contributed by atoms with Crippen LogP contribution in [0, 0.1) is 0 Å². The van der Waals surface area contributed by atoms with Gasteiger partial charge in [-0.05, 0) is 54.9 Å². The molecule has 184 valence electrons. The third kappa shape index (κ3) is 3.82. The number of halogens is 1. The first-order valence-corrected chi connectivity index (χ1v) is 12.6. The Bertz CT molecular complexity index is 1310. The number of amides is 3. The number of carbonyl (C=O) groups excluding carboxylic acids is 2. The molecule has 5 rings (SSSR count). The highest BCUT2D eigenvalue weighted by Crippen LogP contribution is 2.49. The number of hydrogen-bond acceptors (Lipinski definition) is 5. The van der Waals surface area contributed by atoms with Crippen molar-refractivity contribution in [3.63, 3.8) is 0 Å². The molecule has 2 unspecified atom stereocenters. The average molecular weight is 541 g/mol. The van der Waals surface area contributed by atoms with E-state index < -0.39 is 11.6 Å². The van der Waals surface area contributed by atoms with Gasteiger partial charge in [-0.15, -0.1) is 0 Å². The zero-order chi connectivity index (χ0) is 24.9. The predicted molar refractivity (Wildman–Crippen MR) is 136 cm³/mol. The van der Waals surface area contributed by atoms with E-state index in [1.165, 1.54) is 4.90 Å². The quantitative estimate of drug-likeness (QED) is 0.397. The van der Waals surface area contributed by atoms with E-state index in [1.54, 1.807) is 23.1 Å². The molecular formula is C26H29BrN4O4. The molecule has 0 bridgehead atoms. The third-order valence-corrected chi connectivity index (χ3v) is 7.81. The molecule has 2 aromatic carbocycles. The number of rotatable bonds is 7. The van der Waals surface area contributed by atoms with E-state index in [0.29, 0.717) is 19.5 Å². The zero-order valence-electron chi connectivity index (χ0n) is 19.8. The fourth-order valence-electron chi connectivity index (χ4n) is 5.53. The van der Waals surface area contributed by atoms with E-state index >= 15 is 0 Å². The minimum absolute atomic E-state index is 0.0242. The Kier molecular flexibility index (Phi) is 6.11. The Morgan fingerprint density at radius 2 is 2.00 bits per heavy atom. The van der Waals surface area contributed by atoms with Crippen LogP contribution in [0.25, 0.3) is 10.9 Å². The first-order valence-electron chi connectivity index (χ1n) is 11.9. The van der Waals surface area contributed by atoms with Gasteiger partial charge in [0.05, 0.1) is 6.61 Å². The number of carbonyl (C=O) groups is 2. The van der Waals surface area contributed by atoms with Gasteiger partial charge in [-0.1, -0.05) is 35.0 Å². The number of aliphatic hydroxyl groups is 1. The number of phenolic OH excluding ortho intramolecular Hbond substituents is 1. The second kappa shape index (κ2) is 8.96. The molecule has 2 aliphatic rings. The van der Waals surface area contributed by atoms with Gasteiger partial charge in [0.25, 0.3) is 5.91 Å². The maximum absolute atomic E-state index is 13.8. The van der Waals surface area contributed by atoms with Gasteiger partial charge in [0.2, 0.25) is 0 Å². The molecular weight excluding hydrogens is 512 g/mol. The standard InChI is InChI=1S/C26H29BrN4O4/c1-3-29(11-12-32)9-10-30-24(34)26(2)15-20-19-14-17(27)7-8-21(19)28-22(20)23(31(26)25(30)35)16-5-4-6-18(33)13-16/h4-8,13-14,23,28,32-33H,3,9-12,15H2,1-2H3. The van der Waals surface area contributed by atoms with E-state index in [9.17, 15) is 19.8 Å². The minimum Gasteiger partial charge on any atom is -0.508 e.